The summed E-state index contributed by atoms with van der Waals surface area (Å²) in [4.78, 5) is 24.7. The summed E-state index contributed by atoms with van der Waals surface area (Å²) in [6, 6.07) is 12.2. The summed E-state index contributed by atoms with van der Waals surface area (Å²) in [6.45, 7) is 6.84. The average Bonchev–Trinajstić information content (AvgIpc) is 2.97. The highest BCUT2D eigenvalue weighted by atomic mass is 32.2. The van der Waals surface area contributed by atoms with E-state index >= 15 is 0 Å². The molecule has 2 N–H and O–H groups in total. The van der Waals surface area contributed by atoms with Crippen LogP contribution in [-0.4, -0.2) is 85.0 Å². The number of para-hydroxylation sites is 2. The van der Waals surface area contributed by atoms with E-state index in [1.165, 1.54) is 0 Å². The molecule has 2 aromatic rings. The van der Waals surface area contributed by atoms with Gasteiger partial charge in [0.25, 0.3) is 0 Å². The maximum atomic E-state index is 13.7. The molecule has 226 valence electrons. The molecule has 10 nitrogen and oxygen atoms in total. The van der Waals surface area contributed by atoms with Crippen molar-refractivity contribution in [1.29, 1.82) is 0 Å². The molecule has 3 heterocycles. The Hall–Kier alpha value is -2.89. The minimum atomic E-state index is -3.24. The molecule has 11 heteroatoms. The predicted molar refractivity (Wildman–Crippen MR) is 164 cm³/mol. The van der Waals surface area contributed by atoms with Crippen LogP contribution in [0.3, 0.4) is 0 Å². The van der Waals surface area contributed by atoms with Crippen LogP contribution in [0.2, 0.25) is 0 Å². The zero-order valence-electron chi connectivity index (χ0n) is 24.5. The van der Waals surface area contributed by atoms with Gasteiger partial charge in [-0.2, -0.15) is 4.31 Å². The average molecular weight is 595 g/mol. The number of hydrogen-bond donors (Lipinski definition) is 2. The minimum Gasteiger partial charge on any atom is -0.390 e. The Balaban J connectivity index is 1.03. The molecule has 8 rings (SSSR count). The fourth-order valence-electron chi connectivity index (χ4n) is 8.47. The van der Waals surface area contributed by atoms with Gasteiger partial charge >= 0.3 is 6.03 Å². The quantitative estimate of drug-likeness (QED) is 0.545. The molecule has 4 saturated carbocycles. The first-order valence-corrected chi connectivity index (χ1v) is 17.0. The summed E-state index contributed by atoms with van der Waals surface area (Å²) in [5.74, 6) is 2.16. The Morgan fingerprint density at radius 1 is 0.952 bits per heavy atom. The maximum Gasteiger partial charge on any atom is 0.322 e. The van der Waals surface area contributed by atoms with Gasteiger partial charge in [-0.1, -0.05) is 12.1 Å². The second kappa shape index (κ2) is 10.4. The number of nitrogens with one attached hydrogen (secondary N) is 1. The number of carbonyl (C=O) groups excluding carboxylic acids is 1. The number of aromatic nitrogens is 1. The molecule has 1 aromatic carbocycles. The molecule has 0 radical (unpaired) electrons. The number of benzene rings is 1. The van der Waals surface area contributed by atoms with Crippen molar-refractivity contribution in [3.8, 4) is 0 Å². The van der Waals surface area contributed by atoms with Crippen molar-refractivity contribution in [1.82, 2.24) is 14.6 Å². The van der Waals surface area contributed by atoms with Crippen LogP contribution >= 0.6 is 0 Å². The lowest BCUT2D eigenvalue weighted by Gasteiger charge is -2.58. The number of pyridine rings is 1. The molecule has 1 aromatic heterocycles. The zero-order chi connectivity index (χ0) is 29.2. The fraction of sp³-hybridized carbons (Fsp3) is 0.613. The van der Waals surface area contributed by atoms with E-state index in [0.717, 1.165) is 55.0 Å². The first-order chi connectivity index (χ1) is 20.1. The molecule has 2 aliphatic heterocycles. The molecule has 42 heavy (non-hydrogen) atoms. The zero-order valence-corrected chi connectivity index (χ0v) is 25.3. The monoisotopic (exact) mass is 594 g/mol. The maximum absolute atomic E-state index is 13.7. The molecule has 5 fully saturated rings. The van der Waals surface area contributed by atoms with Gasteiger partial charge in [0.2, 0.25) is 10.0 Å². The van der Waals surface area contributed by atoms with E-state index in [4.69, 9.17) is 4.98 Å². The Labute approximate surface area is 248 Å². The van der Waals surface area contributed by atoms with Crippen LogP contribution < -0.4 is 20.0 Å². The van der Waals surface area contributed by atoms with E-state index in [-0.39, 0.29) is 12.1 Å². The predicted octanol–water partition coefficient (Wildman–Crippen LogP) is 3.55. The van der Waals surface area contributed by atoms with Crippen molar-refractivity contribution in [2.75, 3.05) is 54.0 Å². The van der Waals surface area contributed by atoms with Gasteiger partial charge in [-0.05, 0) is 88.0 Å². The number of nitrogens with zero attached hydrogens (tertiary/aromatic N) is 5. The van der Waals surface area contributed by atoms with Crippen molar-refractivity contribution < 1.29 is 18.3 Å². The Bertz CT molecular complexity index is 1430. The lowest BCUT2D eigenvalue weighted by atomic mass is 9.52. The van der Waals surface area contributed by atoms with Gasteiger partial charge in [0, 0.05) is 45.3 Å². The normalized spacial score (nSPS) is 31.0. The van der Waals surface area contributed by atoms with E-state index in [2.05, 4.69) is 21.2 Å². The van der Waals surface area contributed by atoms with Gasteiger partial charge in [-0.25, -0.2) is 18.2 Å². The van der Waals surface area contributed by atoms with E-state index in [1.54, 1.807) is 18.2 Å². The number of urea groups is 1. The molecule has 6 aliphatic rings. The number of aliphatic hydroxyl groups is 1. The van der Waals surface area contributed by atoms with Gasteiger partial charge in [0.15, 0.2) is 0 Å². The molecule has 4 bridgehead atoms. The van der Waals surface area contributed by atoms with E-state index in [0.29, 0.717) is 57.0 Å². The second-order valence-electron chi connectivity index (χ2n) is 13.3. The van der Waals surface area contributed by atoms with Crippen molar-refractivity contribution >= 4 is 38.9 Å². The number of carbonyl (C=O) groups is 1. The Morgan fingerprint density at radius 2 is 1.64 bits per heavy atom. The number of piperazine rings is 1. The van der Waals surface area contributed by atoms with Gasteiger partial charge in [0.1, 0.15) is 5.82 Å². The number of amides is 2. The summed E-state index contributed by atoms with van der Waals surface area (Å²) >= 11 is 0. The highest BCUT2D eigenvalue weighted by Crippen LogP contribution is 2.55. The van der Waals surface area contributed by atoms with E-state index in [9.17, 15) is 18.3 Å². The third kappa shape index (κ3) is 4.83. The van der Waals surface area contributed by atoms with Crippen LogP contribution in [0.4, 0.5) is 27.7 Å². The molecule has 4 aliphatic carbocycles. The molecule has 5 atom stereocenters. The summed E-state index contributed by atoms with van der Waals surface area (Å²) < 4.78 is 26.7. The molecule has 0 spiro atoms. The number of rotatable bonds is 5. The highest BCUT2D eigenvalue weighted by molar-refractivity contribution is 7.89. The lowest BCUT2D eigenvalue weighted by Crippen LogP contribution is -2.63. The number of fused-ring (bicyclic) bond motifs is 1. The molecule has 2 amide bonds. The van der Waals surface area contributed by atoms with Crippen molar-refractivity contribution in [2.45, 2.75) is 62.8 Å². The second-order valence-corrected chi connectivity index (χ2v) is 15.8. The number of hydrogen-bond acceptors (Lipinski definition) is 7. The molecular formula is C31H42N6O4S. The van der Waals surface area contributed by atoms with E-state index in [1.807, 2.05) is 41.4 Å². The SMILES string of the molecule is CC(C)S(=O)(=O)N1CCN(c2ccc(N3CCN(C(=O)NC4[C@@H]5CC6C[C@H]4CC(O)(C6)C5)c4ccccc43)nc2)CC1. The van der Waals surface area contributed by atoms with Crippen LogP contribution in [-0.2, 0) is 10.0 Å². The molecule has 1 saturated heterocycles. The van der Waals surface area contributed by atoms with Crippen molar-refractivity contribution in [3.05, 3.63) is 42.6 Å². The number of anilines is 4. The summed E-state index contributed by atoms with van der Waals surface area (Å²) in [6.07, 6.45) is 6.65. The van der Waals surface area contributed by atoms with Gasteiger partial charge < -0.3 is 20.2 Å². The number of sulfonamides is 1. The lowest BCUT2D eigenvalue weighted by molar-refractivity contribution is -0.136. The largest absolute Gasteiger partial charge is 0.390 e. The molecule has 3 unspecified atom stereocenters. The highest BCUT2D eigenvalue weighted by Gasteiger charge is 2.55. The van der Waals surface area contributed by atoms with Crippen LogP contribution in [0.1, 0.15) is 46.0 Å². The van der Waals surface area contributed by atoms with Crippen molar-refractivity contribution in [2.24, 2.45) is 17.8 Å². The minimum absolute atomic E-state index is 0.0477. The Morgan fingerprint density at radius 3 is 2.26 bits per heavy atom. The van der Waals surface area contributed by atoms with Crippen molar-refractivity contribution in [3.63, 3.8) is 0 Å². The first kappa shape index (κ1) is 27.9. The standard InChI is InChI=1S/C31H42N6O4S/c1-21(2)42(40,41)35-11-9-34(10-12-35)25-7-8-28(32-20-25)36-13-14-37(27-6-4-3-5-26(27)36)30(38)33-29-23-15-22-16-24(29)19-31(39,17-22)18-23/h3-8,20-24,29,39H,9-19H2,1-2H3,(H,33,38)/t22?,23-,24+,29?,31?. The third-order valence-corrected chi connectivity index (χ3v) is 12.6. The first-order valence-electron chi connectivity index (χ1n) is 15.5. The van der Waals surface area contributed by atoms with Crippen LogP contribution in [0.25, 0.3) is 0 Å². The van der Waals surface area contributed by atoms with Crippen LogP contribution in [0, 0.1) is 17.8 Å². The van der Waals surface area contributed by atoms with Gasteiger partial charge in [-0.3, -0.25) is 4.90 Å². The van der Waals surface area contributed by atoms with Gasteiger partial charge in [-0.15, -0.1) is 0 Å². The van der Waals surface area contributed by atoms with Crippen LogP contribution in [0.15, 0.2) is 42.6 Å². The fourth-order valence-corrected chi connectivity index (χ4v) is 9.74. The Kier molecular flexibility index (Phi) is 6.90. The summed E-state index contributed by atoms with van der Waals surface area (Å²) in [7, 11) is -3.24. The summed E-state index contributed by atoms with van der Waals surface area (Å²) in [5, 5.41) is 13.9. The summed E-state index contributed by atoms with van der Waals surface area (Å²) in [5.41, 5.74) is 2.29. The van der Waals surface area contributed by atoms with Gasteiger partial charge in [0.05, 0.1) is 34.1 Å². The topological polar surface area (TPSA) is 109 Å². The third-order valence-electron chi connectivity index (χ3n) is 10.4. The van der Waals surface area contributed by atoms with Crippen LogP contribution in [0.5, 0.6) is 0 Å². The smallest absolute Gasteiger partial charge is 0.322 e. The molecular weight excluding hydrogens is 552 g/mol. The van der Waals surface area contributed by atoms with E-state index < -0.39 is 20.9 Å².